The molecule has 2 aromatic rings. The first-order chi connectivity index (χ1) is 7.18. The van der Waals surface area contributed by atoms with Gasteiger partial charge in [0.25, 0.3) is 0 Å². The topological polar surface area (TPSA) is 64.7 Å². The number of hydrogen-bond donors (Lipinski definition) is 1. The molecular formula is C9H6BrFN4. The highest BCUT2D eigenvalue weighted by Gasteiger charge is 2.11. The van der Waals surface area contributed by atoms with Crippen LogP contribution in [0.4, 0.5) is 10.3 Å². The van der Waals surface area contributed by atoms with Gasteiger partial charge in [-0.25, -0.2) is 9.37 Å². The number of nitrogen functional groups attached to an aromatic ring is 1. The van der Waals surface area contributed by atoms with E-state index in [0.717, 1.165) is 0 Å². The van der Waals surface area contributed by atoms with E-state index in [-0.39, 0.29) is 11.8 Å². The van der Waals surface area contributed by atoms with Gasteiger partial charge in [-0.05, 0) is 28.1 Å². The Morgan fingerprint density at radius 3 is 2.67 bits per heavy atom. The van der Waals surface area contributed by atoms with Crippen molar-refractivity contribution in [2.24, 2.45) is 0 Å². The molecule has 76 valence electrons. The van der Waals surface area contributed by atoms with Gasteiger partial charge >= 0.3 is 0 Å². The first-order valence-corrected chi connectivity index (χ1v) is 4.88. The van der Waals surface area contributed by atoms with Gasteiger partial charge in [-0.2, -0.15) is 0 Å². The Hall–Kier alpha value is -1.56. The number of aromatic nitrogens is 3. The monoisotopic (exact) mass is 268 g/mol. The first-order valence-electron chi connectivity index (χ1n) is 4.09. The molecule has 1 aromatic carbocycles. The van der Waals surface area contributed by atoms with Gasteiger partial charge in [0.05, 0.1) is 0 Å². The van der Waals surface area contributed by atoms with Crippen LogP contribution in [-0.4, -0.2) is 15.2 Å². The van der Waals surface area contributed by atoms with Crippen LogP contribution < -0.4 is 5.73 Å². The maximum Gasteiger partial charge on any atom is 0.240 e. The Kier molecular flexibility index (Phi) is 2.59. The molecule has 2 rings (SSSR count). The van der Waals surface area contributed by atoms with Crippen molar-refractivity contribution in [1.82, 2.24) is 15.2 Å². The zero-order valence-electron chi connectivity index (χ0n) is 7.48. The number of anilines is 1. The molecule has 0 bridgehead atoms. The Balaban J connectivity index is 2.64. The fourth-order valence-corrected chi connectivity index (χ4v) is 1.53. The highest BCUT2D eigenvalue weighted by atomic mass is 79.9. The Bertz CT molecular complexity index is 503. The van der Waals surface area contributed by atoms with Crippen molar-refractivity contribution in [2.45, 2.75) is 0 Å². The summed E-state index contributed by atoms with van der Waals surface area (Å²) in [5.41, 5.74) is 6.07. The van der Waals surface area contributed by atoms with Crippen LogP contribution >= 0.6 is 15.9 Å². The first kappa shape index (κ1) is 9.97. The Morgan fingerprint density at radius 1 is 1.20 bits per heavy atom. The molecule has 0 fully saturated rings. The highest BCUT2D eigenvalue weighted by molar-refractivity contribution is 9.10. The van der Waals surface area contributed by atoms with E-state index in [1.54, 1.807) is 18.2 Å². The quantitative estimate of drug-likeness (QED) is 0.860. The van der Waals surface area contributed by atoms with E-state index < -0.39 is 0 Å². The lowest BCUT2D eigenvalue weighted by atomic mass is 10.1. The summed E-state index contributed by atoms with van der Waals surface area (Å²) < 4.78 is 13.8. The largest absolute Gasteiger partial charge is 0.366 e. The van der Waals surface area contributed by atoms with Crippen LogP contribution in [-0.2, 0) is 0 Å². The van der Waals surface area contributed by atoms with E-state index in [9.17, 15) is 4.39 Å². The van der Waals surface area contributed by atoms with Gasteiger partial charge in [-0.3, -0.25) is 0 Å². The number of rotatable bonds is 1. The third-order valence-electron chi connectivity index (χ3n) is 1.79. The van der Waals surface area contributed by atoms with Crippen LogP contribution in [0.25, 0.3) is 11.3 Å². The van der Waals surface area contributed by atoms with Crippen molar-refractivity contribution < 1.29 is 4.39 Å². The lowest BCUT2D eigenvalue weighted by Crippen LogP contribution is -2.00. The second-order valence-electron chi connectivity index (χ2n) is 2.79. The van der Waals surface area contributed by atoms with Crippen molar-refractivity contribution in [2.75, 3.05) is 5.73 Å². The zero-order valence-corrected chi connectivity index (χ0v) is 9.07. The molecule has 1 aromatic heterocycles. The molecule has 15 heavy (non-hydrogen) atoms. The summed E-state index contributed by atoms with van der Waals surface area (Å²) in [6, 6.07) is 6.26. The molecule has 0 aliphatic carbocycles. The number of hydrogen-bond acceptors (Lipinski definition) is 4. The van der Waals surface area contributed by atoms with Gasteiger partial charge in [0.15, 0.2) is 4.60 Å². The minimum absolute atomic E-state index is 0.0106. The van der Waals surface area contributed by atoms with Crippen molar-refractivity contribution in [3.8, 4) is 11.3 Å². The average molecular weight is 269 g/mol. The zero-order chi connectivity index (χ0) is 10.8. The summed E-state index contributed by atoms with van der Waals surface area (Å²) in [4.78, 5) is 3.92. The maximum atomic E-state index is 13.4. The number of benzene rings is 1. The third-order valence-corrected chi connectivity index (χ3v) is 2.33. The molecule has 0 saturated heterocycles. The lowest BCUT2D eigenvalue weighted by molar-refractivity contribution is 0.630. The average Bonchev–Trinajstić information content (AvgIpc) is 2.23. The number of halogens is 2. The molecule has 0 aliphatic heterocycles. The highest BCUT2D eigenvalue weighted by Crippen LogP contribution is 2.26. The summed E-state index contributed by atoms with van der Waals surface area (Å²) >= 11 is 3.14. The standard InChI is InChI=1S/C9H6BrFN4/c10-8-7(13-9(12)15-14-8)5-3-1-2-4-6(5)11/h1-4H,(H2,12,13,15). The van der Waals surface area contributed by atoms with Gasteiger partial charge in [-0.1, -0.05) is 12.1 Å². The molecular weight excluding hydrogens is 263 g/mol. The maximum absolute atomic E-state index is 13.4. The predicted molar refractivity (Wildman–Crippen MR) is 57.3 cm³/mol. The van der Waals surface area contributed by atoms with Crippen molar-refractivity contribution in [3.05, 3.63) is 34.7 Å². The smallest absolute Gasteiger partial charge is 0.240 e. The predicted octanol–water partition coefficient (Wildman–Crippen LogP) is 2.02. The Morgan fingerprint density at radius 2 is 1.93 bits per heavy atom. The van der Waals surface area contributed by atoms with Crippen LogP contribution in [0.3, 0.4) is 0 Å². The van der Waals surface area contributed by atoms with Crippen molar-refractivity contribution in [3.63, 3.8) is 0 Å². The van der Waals surface area contributed by atoms with Crippen LogP contribution in [0.2, 0.25) is 0 Å². The Labute approximate surface area is 93.5 Å². The molecule has 0 atom stereocenters. The summed E-state index contributed by atoms with van der Waals surface area (Å²) in [6.45, 7) is 0. The molecule has 2 N–H and O–H groups in total. The fourth-order valence-electron chi connectivity index (χ4n) is 1.15. The fraction of sp³-hybridized carbons (Fsp3) is 0. The normalized spacial score (nSPS) is 10.3. The van der Waals surface area contributed by atoms with E-state index in [0.29, 0.717) is 15.9 Å². The minimum Gasteiger partial charge on any atom is -0.366 e. The van der Waals surface area contributed by atoms with Crippen LogP contribution in [0.5, 0.6) is 0 Å². The summed E-state index contributed by atoms with van der Waals surface area (Å²) in [6.07, 6.45) is 0. The van der Waals surface area contributed by atoms with E-state index >= 15 is 0 Å². The minimum atomic E-state index is -0.377. The molecule has 6 heteroatoms. The van der Waals surface area contributed by atoms with Crippen LogP contribution in [0.1, 0.15) is 0 Å². The van der Waals surface area contributed by atoms with Gasteiger partial charge in [0.1, 0.15) is 11.5 Å². The molecule has 0 radical (unpaired) electrons. The third kappa shape index (κ3) is 1.94. The molecule has 0 saturated carbocycles. The van der Waals surface area contributed by atoms with E-state index in [4.69, 9.17) is 5.73 Å². The van der Waals surface area contributed by atoms with Gasteiger partial charge < -0.3 is 5.73 Å². The van der Waals surface area contributed by atoms with E-state index in [1.807, 2.05) is 0 Å². The summed E-state index contributed by atoms with van der Waals surface area (Å²) in [5, 5.41) is 7.25. The van der Waals surface area contributed by atoms with E-state index in [2.05, 4.69) is 31.1 Å². The van der Waals surface area contributed by atoms with Gasteiger partial charge in [0, 0.05) is 5.56 Å². The van der Waals surface area contributed by atoms with Gasteiger partial charge in [0.2, 0.25) is 5.95 Å². The van der Waals surface area contributed by atoms with Crippen molar-refractivity contribution in [1.29, 1.82) is 0 Å². The molecule has 1 heterocycles. The number of nitrogens with zero attached hydrogens (tertiary/aromatic N) is 3. The SMILES string of the molecule is Nc1nnc(Br)c(-c2ccccc2F)n1. The molecule has 4 nitrogen and oxygen atoms in total. The molecule has 0 amide bonds. The molecule has 0 unspecified atom stereocenters. The second-order valence-corrected chi connectivity index (χ2v) is 3.54. The molecule has 0 aliphatic rings. The lowest BCUT2D eigenvalue weighted by Gasteiger charge is -2.03. The number of nitrogens with two attached hydrogens (primary N) is 1. The van der Waals surface area contributed by atoms with Gasteiger partial charge in [-0.15, -0.1) is 10.2 Å². The van der Waals surface area contributed by atoms with Crippen molar-refractivity contribution >= 4 is 21.9 Å². The second kappa shape index (κ2) is 3.90. The van der Waals surface area contributed by atoms with Crippen LogP contribution in [0.15, 0.2) is 28.9 Å². The molecule has 0 spiro atoms. The summed E-state index contributed by atoms with van der Waals surface area (Å²) in [5.74, 6) is -0.366. The van der Waals surface area contributed by atoms with E-state index in [1.165, 1.54) is 6.07 Å². The summed E-state index contributed by atoms with van der Waals surface area (Å²) in [7, 11) is 0. The van der Waals surface area contributed by atoms with Crippen LogP contribution in [0, 0.1) is 5.82 Å².